The molecule has 0 saturated heterocycles. The molecule has 9 heteroatoms. The van der Waals surface area contributed by atoms with Crippen molar-refractivity contribution in [2.75, 3.05) is 32.2 Å². The average molecular weight is 288 g/mol. The molecule has 0 radical (unpaired) electrons. The van der Waals surface area contributed by atoms with E-state index < -0.39 is 13.5 Å². The van der Waals surface area contributed by atoms with Gasteiger partial charge in [0.05, 0.1) is 6.16 Å². The molecule has 0 aromatic carbocycles. The molecule has 1 aliphatic rings. The van der Waals surface area contributed by atoms with Crippen molar-refractivity contribution in [1.82, 2.24) is 9.55 Å². The minimum Gasteiger partial charge on any atom is -0.364 e. The third-order valence-corrected chi connectivity index (χ3v) is 5.11. The molecule has 1 atom stereocenters. The van der Waals surface area contributed by atoms with E-state index in [1.54, 1.807) is 10.8 Å². The second-order valence-electron chi connectivity index (χ2n) is 4.25. The zero-order valence-electron chi connectivity index (χ0n) is 10.8. The standard InChI is InChI=1S/C10H17N4O4P/c1-17-19(16,18-2)6-7-3-4-12-10-13-8(9(11)15)5-14(7)10/h5,7H,3-4,6H2,1-2H3,(H2,11,15)(H,12,13). The number of hydrogen-bond donors (Lipinski definition) is 2. The van der Waals surface area contributed by atoms with Gasteiger partial charge in [-0.15, -0.1) is 0 Å². The predicted molar refractivity (Wildman–Crippen MR) is 69.4 cm³/mol. The molecule has 19 heavy (non-hydrogen) atoms. The van der Waals surface area contributed by atoms with Gasteiger partial charge in [-0.25, -0.2) is 4.98 Å². The first-order valence-corrected chi connectivity index (χ1v) is 7.55. The molecule has 0 spiro atoms. The summed E-state index contributed by atoms with van der Waals surface area (Å²) in [6.45, 7) is 0.674. The maximum absolute atomic E-state index is 12.2. The van der Waals surface area contributed by atoms with Crippen LogP contribution in [0.15, 0.2) is 6.20 Å². The lowest BCUT2D eigenvalue weighted by molar-refractivity contribution is 0.0996. The average Bonchev–Trinajstić information content (AvgIpc) is 2.84. The molecule has 3 N–H and O–H groups in total. The summed E-state index contributed by atoms with van der Waals surface area (Å²) in [7, 11) is -0.400. The zero-order chi connectivity index (χ0) is 14.0. The first-order valence-electron chi connectivity index (χ1n) is 5.82. The summed E-state index contributed by atoms with van der Waals surface area (Å²) in [6.07, 6.45) is 2.52. The highest BCUT2D eigenvalue weighted by atomic mass is 31.2. The fourth-order valence-corrected chi connectivity index (χ4v) is 3.39. The molecule has 0 saturated carbocycles. The number of nitrogens with two attached hydrogens (primary N) is 1. The van der Waals surface area contributed by atoms with Crippen LogP contribution in [-0.2, 0) is 13.6 Å². The van der Waals surface area contributed by atoms with E-state index in [1.165, 1.54) is 14.2 Å². The molecule has 1 aromatic heterocycles. The van der Waals surface area contributed by atoms with Gasteiger partial charge in [0.25, 0.3) is 5.91 Å². The van der Waals surface area contributed by atoms with E-state index in [1.807, 2.05) is 0 Å². The number of carbonyl (C=O) groups excluding carboxylic acids is 1. The molecule has 0 bridgehead atoms. The summed E-state index contributed by atoms with van der Waals surface area (Å²) in [4.78, 5) is 15.2. The molecule has 0 aliphatic carbocycles. The van der Waals surface area contributed by atoms with Crippen LogP contribution in [0.4, 0.5) is 5.95 Å². The molecule has 2 rings (SSSR count). The maximum Gasteiger partial charge on any atom is 0.332 e. The summed E-state index contributed by atoms with van der Waals surface area (Å²) in [5.74, 6) is -0.0482. The third-order valence-electron chi connectivity index (χ3n) is 3.13. The van der Waals surface area contributed by atoms with Crippen LogP contribution in [0.3, 0.4) is 0 Å². The van der Waals surface area contributed by atoms with E-state index in [4.69, 9.17) is 14.8 Å². The Morgan fingerprint density at radius 2 is 2.32 bits per heavy atom. The van der Waals surface area contributed by atoms with Gasteiger partial charge in [0, 0.05) is 33.0 Å². The number of rotatable bonds is 5. The van der Waals surface area contributed by atoms with Crippen LogP contribution < -0.4 is 11.1 Å². The molecule has 1 aromatic rings. The van der Waals surface area contributed by atoms with E-state index in [9.17, 15) is 9.36 Å². The first-order chi connectivity index (χ1) is 8.99. The van der Waals surface area contributed by atoms with Crippen molar-refractivity contribution in [2.45, 2.75) is 12.5 Å². The monoisotopic (exact) mass is 288 g/mol. The van der Waals surface area contributed by atoms with Crippen molar-refractivity contribution in [3.63, 3.8) is 0 Å². The maximum atomic E-state index is 12.2. The van der Waals surface area contributed by atoms with Crippen molar-refractivity contribution < 1.29 is 18.4 Å². The number of aromatic nitrogens is 2. The van der Waals surface area contributed by atoms with E-state index in [0.29, 0.717) is 12.5 Å². The van der Waals surface area contributed by atoms with Crippen molar-refractivity contribution in [2.24, 2.45) is 5.73 Å². The number of nitrogens with one attached hydrogen (secondary N) is 1. The molecule has 1 unspecified atom stereocenters. The quantitative estimate of drug-likeness (QED) is 0.777. The van der Waals surface area contributed by atoms with Crippen LogP contribution in [0, 0.1) is 0 Å². The largest absolute Gasteiger partial charge is 0.364 e. The number of amides is 1. The van der Waals surface area contributed by atoms with E-state index >= 15 is 0 Å². The van der Waals surface area contributed by atoms with Gasteiger partial charge in [-0.1, -0.05) is 0 Å². The Labute approximate surface area is 110 Å². The Bertz CT molecular complexity index is 522. The fourth-order valence-electron chi connectivity index (χ4n) is 2.07. The van der Waals surface area contributed by atoms with Crippen LogP contribution in [0.2, 0.25) is 0 Å². The Balaban J connectivity index is 2.27. The zero-order valence-corrected chi connectivity index (χ0v) is 11.7. The van der Waals surface area contributed by atoms with Crippen molar-refractivity contribution >= 4 is 19.5 Å². The van der Waals surface area contributed by atoms with E-state index in [2.05, 4.69) is 10.3 Å². The highest BCUT2D eigenvalue weighted by molar-refractivity contribution is 7.53. The van der Waals surface area contributed by atoms with Gasteiger partial charge in [0.2, 0.25) is 5.95 Å². The number of carbonyl (C=O) groups is 1. The third kappa shape index (κ3) is 2.80. The van der Waals surface area contributed by atoms with Gasteiger partial charge >= 0.3 is 7.60 Å². The Kier molecular flexibility index (Phi) is 3.93. The lowest BCUT2D eigenvalue weighted by Crippen LogP contribution is -2.25. The van der Waals surface area contributed by atoms with Crippen molar-refractivity contribution in [1.29, 1.82) is 0 Å². The van der Waals surface area contributed by atoms with Crippen LogP contribution >= 0.6 is 7.60 Å². The summed E-state index contributed by atoms with van der Waals surface area (Å²) in [5, 5.41) is 3.06. The van der Waals surface area contributed by atoms with Gasteiger partial charge in [-0.05, 0) is 6.42 Å². The molecule has 2 heterocycles. The minimum absolute atomic E-state index is 0.109. The summed E-state index contributed by atoms with van der Waals surface area (Å²) < 4.78 is 23.8. The lowest BCUT2D eigenvalue weighted by Gasteiger charge is -2.27. The Hall–Kier alpha value is -1.37. The van der Waals surface area contributed by atoms with Gasteiger partial charge in [0.15, 0.2) is 0 Å². The molecule has 1 aliphatic heterocycles. The van der Waals surface area contributed by atoms with E-state index in [-0.39, 0.29) is 17.9 Å². The minimum atomic E-state index is -3.11. The first kappa shape index (κ1) is 14.0. The van der Waals surface area contributed by atoms with Crippen molar-refractivity contribution in [3.8, 4) is 0 Å². The smallest absolute Gasteiger partial charge is 0.332 e. The Morgan fingerprint density at radius 1 is 1.63 bits per heavy atom. The lowest BCUT2D eigenvalue weighted by atomic mass is 10.2. The molecular weight excluding hydrogens is 271 g/mol. The predicted octanol–water partition coefficient (Wildman–Crippen LogP) is 0.825. The number of fused-ring (bicyclic) bond motifs is 1. The number of primary amides is 1. The molecular formula is C10H17N4O4P. The molecule has 8 nitrogen and oxygen atoms in total. The van der Waals surface area contributed by atoms with Crippen LogP contribution in [0.25, 0.3) is 0 Å². The SMILES string of the molecule is COP(=O)(CC1CCNc2nc(C(N)=O)cn21)OC. The normalized spacial score (nSPS) is 18.7. The van der Waals surface area contributed by atoms with Gasteiger partial charge in [-0.3, -0.25) is 9.36 Å². The summed E-state index contributed by atoms with van der Waals surface area (Å²) >= 11 is 0. The molecule has 1 amide bonds. The number of hydrogen-bond acceptors (Lipinski definition) is 6. The topological polar surface area (TPSA) is 108 Å². The van der Waals surface area contributed by atoms with Gasteiger partial charge in [-0.2, -0.15) is 0 Å². The second-order valence-corrected chi connectivity index (χ2v) is 6.57. The Morgan fingerprint density at radius 3 is 2.89 bits per heavy atom. The number of anilines is 1. The van der Waals surface area contributed by atoms with Crippen LogP contribution in [-0.4, -0.2) is 42.4 Å². The number of nitrogens with zero attached hydrogens (tertiary/aromatic N) is 2. The van der Waals surface area contributed by atoms with Gasteiger partial charge < -0.3 is 24.7 Å². The van der Waals surface area contributed by atoms with Crippen molar-refractivity contribution in [3.05, 3.63) is 11.9 Å². The van der Waals surface area contributed by atoms with Crippen LogP contribution in [0.1, 0.15) is 23.0 Å². The molecule has 0 fully saturated rings. The second kappa shape index (κ2) is 5.32. The highest BCUT2D eigenvalue weighted by Crippen LogP contribution is 2.50. The van der Waals surface area contributed by atoms with Crippen LogP contribution in [0.5, 0.6) is 0 Å². The summed E-state index contributed by atoms with van der Waals surface area (Å²) in [6, 6.07) is -0.109. The fraction of sp³-hybridized carbons (Fsp3) is 0.600. The summed E-state index contributed by atoms with van der Waals surface area (Å²) in [5.41, 5.74) is 5.38. The van der Waals surface area contributed by atoms with E-state index in [0.717, 1.165) is 6.42 Å². The number of imidazole rings is 1. The molecule has 106 valence electrons. The highest BCUT2D eigenvalue weighted by Gasteiger charge is 2.31. The van der Waals surface area contributed by atoms with Gasteiger partial charge in [0.1, 0.15) is 5.69 Å².